The molecule has 0 fully saturated rings. The maximum Gasteiger partial charge on any atom is 1.00 e. The van der Waals surface area contributed by atoms with Crippen LogP contribution in [0.2, 0.25) is 0 Å². The molecule has 0 aromatic heterocycles. The molecule has 0 heterocycles. The largest absolute Gasteiger partial charge is 1.00 e. The zero-order valence-electron chi connectivity index (χ0n) is 7.92. The summed E-state index contributed by atoms with van der Waals surface area (Å²) in [7, 11) is 1.25. The van der Waals surface area contributed by atoms with E-state index < -0.39 is 11.9 Å². The van der Waals surface area contributed by atoms with Crippen LogP contribution >= 0.6 is 0 Å². The predicted octanol–water partition coefficient (Wildman–Crippen LogP) is -4.59. The monoisotopic (exact) mass is 211 g/mol. The summed E-state index contributed by atoms with van der Waals surface area (Å²) in [5.74, 6) is -1.73. The number of esters is 1. The van der Waals surface area contributed by atoms with Crippen LogP contribution in [0.1, 0.15) is 6.92 Å². The number of hydrogen-bond acceptors (Lipinski definition) is 5. The summed E-state index contributed by atoms with van der Waals surface area (Å²) < 4.78 is 4.36. The van der Waals surface area contributed by atoms with E-state index in [1.165, 1.54) is 20.2 Å². The molecule has 0 spiro atoms. The van der Waals surface area contributed by atoms with Gasteiger partial charge in [0.1, 0.15) is 0 Å². The standard InChI is InChI=1S/C7H11NO4.K/c1-5(7(11)12-2)3-8-4-6(9)10;/h3,8H,4H2,1-2H3,(H,9,10);/q;+1/p-1. The second-order valence-electron chi connectivity index (χ2n) is 2.07. The number of carbonyl (C=O) groups is 2. The third-order valence-electron chi connectivity index (χ3n) is 1.07. The van der Waals surface area contributed by atoms with Crippen LogP contribution in [0.3, 0.4) is 0 Å². The summed E-state index contributed by atoms with van der Waals surface area (Å²) in [5.41, 5.74) is 0.304. The molecule has 0 unspecified atom stereocenters. The normalized spacial score (nSPS) is 9.85. The third-order valence-corrected chi connectivity index (χ3v) is 1.07. The van der Waals surface area contributed by atoms with Gasteiger partial charge in [0, 0.05) is 11.8 Å². The van der Waals surface area contributed by atoms with E-state index in [0.29, 0.717) is 5.57 Å². The molecule has 0 atom stereocenters. The Morgan fingerprint density at radius 2 is 2.08 bits per heavy atom. The van der Waals surface area contributed by atoms with E-state index in [-0.39, 0.29) is 57.9 Å². The molecule has 5 nitrogen and oxygen atoms in total. The number of rotatable bonds is 4. The van der Waals surface area contributed by atoms with Crippen molar-refractivity contribution in [3.8, 4) is 0 Å². The van der Waals surface area contributed by atoms with Crippen molar-refractivity contribution in [2.45, 2.75) is 6.92 Å². The van der Waals surface area contributed by atoms with Crippen LogP contribution in [-0.4, -0.2) is 25.6 Å². The molecule has 0 radical (unpaired) electrons. The average molecular weight is 211 g/mol. The maximum atomic E-state index is 10.7. The Morgan fingerprint density at radius 1 is 1.54 bits per heavy atom. The predicted molar refractivity (Wildman–Crippen MR) is 38.8 cm³/mol. The van der Waals surface area contributed by atoms with E-state index >= 15 is 0 Å². The molecular formula is C7H10KNO4. The number of methoxy groups -OCH3 is 1. The fraction of sp³-hybridized carbons (Fsp3) is 0.429. The molecule has 6 heteroatoms. The van der Waals surface area contributed by atoms with Crippen molar-refractivity contribution >= 4 is 11.9 Å². The van der Waals surface area contributed by atoms with E-state index in [2.05, 4.69) is 10.1 Å². The number of carbonyl (C=O) groups excluding carboxylic acids is 2. The van der Waals surface area contributed by atoms with Crippen molar-refractivity contribution in [3.05, 3.63) is 11.8 Å². The summed E-state index contributed by atoms with van der Waals surface area (Å²) in [5, 5.41) is 12.3. The van der Waals surface area contributed by atoms with Gasteiger partial charge >= 0.3 is 57.4 Å². The van der Waals surface area contributed by atoms with Crippen LogP contribution < -0.4 is 61.8 Å². The number of nitrogens with one attached hydrogen (secondary N) is 1. The second-order valence-corrected chi connectivity index (χ2v) is 2.07. The SMILES string of the molecule is COC(=O)C(C)=CNCC(=O)[O-].[K+]. The molecule has 68 valence electrons. The molecule has 0 bridgehead atoms. The zero-order chi connectivity index (χ0) is 9.56. The van der Waals surface area contributed by atoms with Gasteiger partial charge in [0.15, 0.2) is 0 Å². The minimum Gasteiger partial charge on any atom is -0.548 e. The molecule has 0 aliphatic carbocycles. The smallest absolute Gasteiger partial charge is 0.548 e. The fourth-order valence-electron chi connectivity index (χ4n) is 0.507. The van der Waals surface area contributed by atoms with Crippen molar-refractivity contribution in [2.24, 2.45) is 0 Å². The molecule has 0 aromatic rings. The van der Waals surface area contributed by atoms with Crippen molar-refractivity contribution in [1.29, 1.82) is 0 Å². The summed E-state index contributed by atoms with van der Waals surface area (Å²) in [6.45, 7) is 1.18. The quantitative estimate of drug-likeness (QED) is 0.288. The van der Waals surface area contributed by atoms with Gasteiger partial charge in [-0.1, -0.05) is 0 Å². The summed E-state index contributed by atoms with van der Waals surface area (Å²) in [6.07, 6.45) is 1.27. The van der Waals surface area contributed by atoms with Crippen LogP contribution in [0, 0.1) is 0 Å². The van der Waals surface area contributed by atoms with Gasteiger partial charge in [-0.05, 0) is 6.92 Å². The number of aliphatic carboxylic acids is 1. The molecule has 1 N–H and O–H groups in total. The molecular weight excluding hydrogens is 201 g/mol. The molecule has 0 saturated carbocycles. The van der Waals surface area contributed by atoms with Crippen LogP contribution in [-0.2, 0) is 14.3 Å². The average Bonchev–Trinajstić information content (AvgIpc) is 2.02. The van der Waals surface area contributed by atoms with Gasteiger partial charge in [-0.3, -0.25) is 0 Å². The van der Waals surface area contributed by atoms with Crippen molar-refractivity contribution in [1.82, 2.24) is 5.32 Å². The van der Waals surface area contributed by atoms with Crippen LogP contribution in [0.15, 0.2) is 11.8 Å². The van der Waals surface area contributed by atoms with Crippen LogP contribution in [0.5, 0.6) is 0 Å². The minimum absolute atomic E-state index is 0. The fourth-order valence-corrected chi connectivity index (χ4v) is 0.507. The van der Waals surface area contributed by atoms with Crippen molar-refractivity contribution in [3.63, 3.8) is 0 Å². The molecule has 13 heavy (non-hydrogen) atoms. The van der Waals surface area contributed by atoms with Gasteiger partial charge in [-0.25, -0.2) is 4.79 Å². The Kier molecular flexibility index (Phi) is 10.4. The molecule has 0 aliphatic heterocycles. The number of ether oxygens (including phenoxy) is 1. The Morgan fingerprint density at radius 3 is 2.46 bits per heavy atom. The van der Waals surface area contributed by atoms with Crippen molar-refractivity contribution in [2.75, 3.05) is 13.7 Å². The van der Waals surface area contributed by atoms with E-state index in [9.17, 15) is 14.7 Å². The Balaban J connectivity index is 0. The first kappa shape index (κ1) is 15.6. The topological polar surface area (TPSA) is 78.5 Å². The maximum absolute atomic E-state index is 10.7. The number of carboxylic acid groups (broad SMARTS) is 1. The van der Waals surface area contributed by atoms with Gasteiger partial charge in [-0.2, -0.15) is 0 Å². The van der Waals surface area contributed by atoms with Crippen LogP contribution in [0.25, 0.3) is 0 Å². The molecule has 0 amide bonds. The van der Waals surface area contributed by atoms with Crippen molar-refractivity contribution < 1.29 is 70.8 Å². The third kappa shape index (κ3) is 8.45. The van der Waals surface area contributed by atoms with Gasteiger partial charge in [0.25, 0.3) is 0 Å². The second kappa shape index (κ2) is 8.70. The summed E-state index contributed by atoms with van der Waals surface area (Å²) in [4.78, 5) is 20.6. The first-order valence-electron chi connectivity index (χ1n) is 3.26. The summed E-state index contributed by atoms with van der Waals surface area (Å²) in [6, 6.07) is 0. The first-order valence-corrected chi connectivity index (χ1v) is 3.26. The molecule has 0 aliphatic rings. The van der Waals surface area contributed by atoms with Gasteiger partial charge in [-0.15, -0.1) is 0 Å². The molecule has 0 aromatic carbocycles. The van der Waals surface area contributed by atoms with E-state index in [1.54, 1.807) is 0 Å². The van der Waals surface area contributed by atoms with Gasteiger partial charge in [0.2, 0.25) is 0 Å². The minimum atomic E-state index is -1.23. The Hall–Kier alpha value is 0.116. The molecule has 0 saturated heterocycles. The van der Waals surface area contributed by atoms with E-state index in [0.717, 1.165) is 0 Å². The Bertz CT molecular complexity index is 215. The van der Waals surface area contributed by atoms with E-state index in [1.807, 2.05) is 0 Å². The summed E-state index contributed by atoms with van der Waals surface area (Å²) >= 11 is 0. The van der Waals surface area contributed by atoms with Gasteiger partial charge in [0.05, 0.1) is 19.6 Å². The molecule has 0 rings (SSSR count). The number of carboxylic acids is 1. The zero-order valence-corrected chi connectivity index (χ0v) is 11.0. The van der Waals surface area contributed by atoms with Gasteiger partial charge < -0.3 is 20.0 Å². The first-order chi connectivity index (χ1) is 5.57. The van der Waals surface area contributed by atoms with E-state index in [4.69, 9.17) is 0 Å². The van der Waals surface area contributed by atoms with Crippen LogP contribution in [0.4, 0.5) is 0 Å². The Labute approximate surface area is 119 Å². The number of hydrogen-bond donors (Lipinski definition) is 1.